The molecule has 1 aromatic carbocycles. The maximum atomic E-state index is 13.5. The normalized spacial score (nSPS) is 16.8. The third-order valence-electron chi connectivity index (χ3n) is 3.24. The highest BCUT2D eigenvalue weighted by Crippen LogP contribution is 2.23. The minimum Gasteiger partial charge on any atom is -0.295 e. The lowest BCUT2D eigenvalue weighted by atomic mass is 10.1. The average molecular weight is 249 g/mol. The summed E-state index contributed by atoms with van der Waals surface area (Å²) < 4.78 is 28.4. The number of halogens is 2. The third-order valence-corrected chi connectivity index (χ3v) is 3.24. The van der Waals surface area contributed by atoms with Crippen LogP contribution in [0.5, 0.6) is 0 Å². The molecule has 2 heterocycles. The van der Waals surface area contributed by atoms with Crippen molar-refractivity contribution < 1.29 is 8.78 Å². The number of likely N-dealkylation sites (tertiary alicyclic amines) is 1. The minimum atomic E-state index is -0.393. The van der Waals surface area contributed by atoms with Crippen molar-refractivity contribution in [3.63, 3.8) is 0 Å². The molecule has 94 valence electrons. The maximum Gasteiger partial charge on any atom is 0.127 e. The van der Waals surface area contributed by atoms with Crippen molar-refractivity contribution in [1.29, 1.82) is 0 Å². The Hall–Kier alpha value is -1.75. The summed E-state index contributed by atoms with van der Waals surface area (Å²) in [7, 11) is 0. The Morgan fingerprint density at radius 3 is 2.83 bits per heavy atom. The van der Waals surface area contributed by atoms with Gasteiger partial charge in [-0.25, -0.2) is 8.78 Å². The first-order valence-electron chi connectivity index (χ1n) is 5.88. The van der Waals surface area contributed by atoms with E-state index in [2.05, 4.69) is 10.00 Å². The molecule has 1 aliphatic heterocycles. The molecule has 1 fully saturated rings. The number of aromatic nitrogens is 2. The summed E-state index contributed by atoms with van der Waals surface area (Å²) in [6.45, 7) is 2.08. The molecule has 0 bridgehead atoms. The summed E-state index contributed by atoms with van der Waals surface area (Å²) in [5.41, 5.74) is 0.411. The summed E-state index contributed by atoms with van der Waals surface area (Å²) in [5.74, 6) is -0.741. The van der Waals surface area contributed by atoms with Crippen LogP contribution >= 0.6 is 0 Å². The van der Waals surface area contributed by atoms with Gasteiger partial charge >= 0.3 is 0 Å². The van der Waals surface area contributed by atoms with Crippen molar-refractivity contribution in [2.75, 3.05) is 13.1 Å². The Labute approximate surface area is 104 Å². The molecule has 0 N–H and O–H groups in total. The molecule has 1 aliphatic rings. The van der Waals surface area contributed by atoms with E-state index in [1.165, 1.54) is 12.1 Å². The highest BCUT2D eigenvalue weighted by Gasteiger charge is 2.28. The molecule has 0 atom stereocenters. The van der Waals surface area contributed by atoms with Crippen molar-refractivity contribution in [2.24, 2.45) is 0 Å². The zero-order valence-corrected chi connectivity index (χ0v) is 9.76. The summed E-state index contributed by atoms with van der Waals surface area (Å²) in [5, 5.41) is 4.17. The number of rotatable bonds is 3. The molecule has 0 saturated carbocycles. The van der Waals surface area contributed by atoms with E-state index in [1.54, 1.807) is 6.20 Å². The lowest BCUT2D eigenvalue weighted by Gasteiger charge is -2.39. The van der Waals surface area contributed by atoms with Gasteiger partial charge in [0.1, 0.15) is 11.6 Å². The lowest BCUT2D eigenvalue weighted by Crippen LogP contribution is -2.47. The van der Waals surface area contributed by atoms with Crippen LogP contribution in [-0.2, 0) is 6.54 Å². The van der Waals surface area contributed by atoms with Gasteiger partial charge in [-0.2, -0.15) is 5.10 Å². The monoisotopic (exact) mass is 249 g/mol. The Kier molecular flexibility index (Phi) is 2.83. The van der Waals surface area contributed by atoms with Crippen LogP contribution in [0.4, 0.5) is 8.78 Å². The van der Waals surface area contributed by atoms with Crippen LogP contribution in [0.25, 0.3) is 0 Å². The van der Waals surface area contributed by atoms with E-state index in [0.717, 1.165) is 19.2 Å². The fourth-order valence-corrected chi connectivity index (χ4v) is 2.24. The fourth-order valence-electron chi connectivity index (χ4n) is 2.24. The zero-order chi connectivity index (χ0) is 12.5. The second-order valence-electron chi connectivity index (χ2n) is 4.57. The molecule has 0 aliphatic carbocycles. The molecule has 0 amide bonds. The number of benzene rings is 1. The van der Waals surface area contributed by atoms with Crippen molar-refractivity contribution in [3.05, 3.63) is 53.9 Å². The SMILES string of the molecule is Fc1ccc(F)c(CN2CC(n3cccn3)C2)c1. The Balaban J connectivity index is 1.61. The van der Waals surface area contributed by atoms with Gasteiger partial charge in [0.2, 0.25) is 0 Å². The van der Waals surface area contributed by atoms with Crippen LogP contribution in [0, 0.1) is 11.6 Å². The van der Waals surface area contributed by atoms with Crippen molar-refractivity contribution in [1.82, 2.24) is 14.7 Å². The Bertz CT molecular complexity index is 533. The minimum absolute atomic E-state index is 0.344. The van der Waals surface area contributed by atoms with Gasteiger partial charge in [0.05, 0.1) is 6.04 Å². The van der Waals surface area contributed by atoms with Crippen LogP contribution in [0.15, 0.2) is 36.7 Å². The van der Waals surface area contributed by atoms with Gasteiger partial charge in [-0.1, -0.05) is 0 Å². The first-order chi connectivity index (χ1) is 8.72. The first-order valence-corrected chi connectivity index (χ1v) is 5.88. The molecule has 18 heavy (non-hydrogen) atoms. The molecular weight excluding hydrogens is 236 g/mol. The van der Waals surface area contributed by atoms with Gasteiger partial charge in [0.25, 0.3) is 0 Å². The van der Waals surface area contributed by atoms with Gasteiger partial charge in [-0.15, -0.1) is 0 Å². The zero-order valence-electron chi connectivity index (χ0n) is 9.76. The van der Waals surface area contributed by atoms with E-state index in [9.17, 15) is 8.78 Å². The second kappa shape index (κ2) is 4.49. The quantitative estimate of drug-likeness (QED) is 0.831. The summed E-state index contributed by atoms with van der Waals surface area (Å²) in [4.78, 5) is 2.07. The topological polar surface area (TPSA) is 21.1 Å². The van der Waals surface area contributed by atoms with E-state index in [1.807, 2.05) is 16.9 Å². The fraction of sp³-hybridized carbons (Fsp3) is 0.308. The smallest absolute Gasteiger partial charge is 0.127 e. The number of nitrogens with zero attached hydrogens (tertiary/aromatic N) is 3. The van der Waals surface area contributed by atoms with Gasteiger partial charge in [0.15, 0.2) is 0 Å². The standard InChI is InChI=1S/C13H13F2N3/c14-11-2-3-13(15)10(6-11)7-17-8-12(9-17)18-5-1-4-16-18/h1-6,12H,7-9H2. The predicted molar refractivity (Wildman–Crippen MR) is 62.9 cm³/mol. The highest BCUT2D eigenvalue weighted by molar-refractivity contribution is 5.19. The third kappa shape index (κ3) is 2.13. The van der Waals surface area contributed by atoms with E-state index < -0.39 is 5.82 Å². The van der Waals surface area contributed by atoms with Crippen LogP contribution in [-0.4, -0.2) is 27.8 Å². The summed E-state index contributed by atoms with van der Waals surface area (Å²) >= 11 is 0. The lowest BCUT2D eigenvalue weighted by molar-refractivity contribution is 0.0896. The Morgan fingerprint density at radius 1 is 1.28 bits per heavy atom. The average Bonchev–Trinajstić information content (AvgIpc) is 2.80. The molecule has 2 aromatic rings. The second-order valence-corrected chi connectivity index (χ2v) is 4.57. The van der Waals surface area contributed by atoms with Gasteiger partial charge < -0.3 is 0 Å². The van der Waals surface area contributed by atoms with Crippen molar-refractivity contribution in [2.45, 2.75) is 12.6 Å². The molecule has 3 rings (SSSR count). The van der Waals surface area contributed by atoms with E-state index >= 15 is 0 Å². The van der Waals surface area contributed by atoms with Crippen LogP contribution < -0.4 is 0 Å². The molecule has 0 spiro atoms. The molecule has 0 unspecified atom stereocenters. The maximum absolute atomic E-state index is 13.5. The van der Waals surface area contributed by atoms with Crippen molar-refractivity contribution >= 4 is 0 Å². The first kappa shape index (κ1) is 11.3. The molecule has 0 radical (unpaired) electrons. The molecule has 5 heteroatoms. The number of hydrogen-bond acceptors (Lipinski definition) is 2. The van der Waals surface area contributed by atoms with Gasteiger partial charge in [0, 0.05) is 37.6 Å². The van der Waals surface area contributed by atoms with E-state index in [-0.39, 0.29) is 5.82 Å². The summed E-state index contributed by atoms with van der Waals surface area (Å²) in [6.07, 6.45) is 3.67. The van der Waals surface area contributed by atoms with Crippen LogP contribution in [0.3, 0.4) is 0 Å². The van der Waals surface area contributed by atoms with Gasteiger partial charge in [-0.05, 0) is 24.3 Å². The predicted octanol–water partition coefficient (Wildman–Crippen LogP) is 2.22. The molecule has 1 aromatic heterocycles. The van der Waals surface area contributed by atoms with Crippen LogP contribution in [0.1, 0.15) is 11.6 Å². The van der Waals surface area contributed by atoms with Crippen molar-refractivity contribution in [3.8, 4) is 0 Å². The van der Waals surface area contributed by atoms with E-state index in [0.29, 0.717) is 18.2 Å². The van der Waals surface area contributed by atoms with E-state index in [4.69, 9.17) is 0 Å². The number of hydrogen-bond donors (Lipinski definition) is 0. The Morgan fingerprint density at radius 2 is 2.11 bits per heavy atom. The molecule has 1 saturated heterocycles. The molecular formula is C13H13F2N3. The summed E-state index contributed by atoms with van der Waals surface area (Å²) in [6, 6.07) is 5.80. The highest BCUT2D eigenvalue weighted by atomic mass is 19.1. The van der Waals surface area contributed by atoms with Gasteiger partial charge in [-0.3, -0.25) is 9.58 Å². The molecule has 3 nitrogen and oxygen atoms in total. The van der Waals surface area contributed by atoms with Crippen LogP contribution in [0.2, 0.25) is 0 Å². The largest absolute Gasteiger partial charge is 0.295 e.